The first-order chi connectivity index (χ1) is 5.86. The van der Waals surface area contributed by atoms with E-state index >= 15 is 0 Å². The molecular weight excluding hydrogens is 148 g/mol. The molecule has 0 heterocycles. The first kappa shape index (κ1) is 9.07. The van der Waals surface area contributed by atoms with Gasteiger partial charge in [0.15, 0.2) is 0 Å². The Morgan fingerprint density at radius 2 is 1.50 bits per heavy atom. The van der Waals surface area contributed by atoms with Gasteiger partial charge in [0, 0.05) is 12.8 Å². The van der Waals surface area contributed by atoms with Crippen LogP contribution in [0.3, 0.4) is 0 Å². The number of hydrogen-bond acceptors (Lipinski definition) is 2. The van der Waals surface area contributed by atoms with Gasteiger partial charge >= 0.3 is 0 Å². The van der Waals surface area contributed by atoms with Gasteiger partial charge in [-0.05, 0) is 31.1 Å². The average molecular weight is 162 g/mol. The summed E-state index contributed by atoms with van der Waals surface area (Å²) in [5.41, 5.74) is 0. The predicted molar refractivity (Wildman–Crippen MR) is 45.9 cm³/mol. The number of hydrogen-bond donors (Lipinski definition) is 0. The minimum Gasteiger partial charge on any atom is -0.198 e. The summed E-state index contributed by atoms with van der Waals surface area (Å²) in [4.78, 5) is 0. The molecular formula is C10H14N2. The van der Waals surface area contributed by atoms with E-state index < -0.39 is 0 Å². The normalized spacial score (nSPS) is 28.8. The maximum Gasteiger partial charge on any atom is 0.0624 e. The molecule has 0 spiro atoms. The van der Waals surface area contributed by atoms with E-state index in [9.17, 15) is 0 Å². The Balaban J connectivity index is 2.32. The zero-order chi connectivity index (χ0) is 8.81. The molecule has 0 aromatic rings. The lowest BCUT2D eigenvalue weighted by molar-refractivity contribution is 0.273. The van der Waals surface area contributed by atoms with E-state index in [1.807, 2.05) is 0 Å². The van der Waals surface area contributed by atoms with Gasteiger partial charge in [0.25, 0.3) is 0 Å². The van der Waals surface area contributed by atoms with Crippen LogP contribution in [0.1, 0.15) is 38.5 Å². The molecule has 0 aromatic heterocycles. The second-order valence-electron chi connectivity index (χ2n) is 3.62. The second kappa shape index (κ2) is 4.78. The van der Waals surface area contributed by atoms with E-state index in [-0.39, 0.29) is 0 Å². The summed E-state index contributed by atoms with van der Waals surface area (Å²) in [6.07, 6.45) is 6.05. The molecule has 1 rings (SSSR count). The van der Waals surface area contributed by atoms with E-state index in [0.29, 0.717) is 24.7 Å². The van der Waals surface area contributed by atoms with Gasteiger partial charge in [0.1, 0.15) is 0 Å². The maximum atomic E-state index is 8.52. The Kier molecular flexibility index (Phi) is 3.61. The van der Waals surface area contributed by atoms with Crippen LogP contribution in [0, 0.1) is 34.5 Å². The highest BCUT2D eigenvalue weighted by Gasteiger charge is 2.21. The Bertz CT molecular complexity index is 187. The van der Waals surface area contributed by atoms with Crippen LogP contribution in [0.5, 0.6) is 0 Å². The quantitative estimate of drug-likeness (QED) is 0.626. The van der Waals surface area contributed by atoms with Gasteiger partial charge in [-0.25, -0.2) is 0 Å². The largest absolute Gasteiger partial charge is 0.198 e. The molecule has 2 unspecified atom stereocenters. The van der Waals surface area contributed by atoms with Crippen molar-refractivity contribution in [2.45, 2.75) is 38.5 Å². The lowest BCUT2D eigenvalue weighted by atomic mass is 9.79. The van der Waals surface area contributed by atoms with Crippen LogP contribution in [0.4, 0.5) is 0 Å². The lowest BCUT2D eigenvalue weighted by Crippen LogP contribution is -2.14. The summed E-state index contributed by atoms with van der Waals surface area (Å²) >= 11 is 0. The fraction of sp³-hybridized carbons (Fsp3) is 0.800. The van der Waals surface area contributed by atoms with Gasteiger partial charge in [-0.2, -0.15) is 10.5 Å². The van der Waals surface area contributed by atoms with Gasteiger partial charge in [0.2, 0.25) is 0 Å². The highest BCUT2D eigenvalue weighted by molar-refractivity contribution is 4.85. The highest BCUT2D eigenvalue weighted by atomic mass is 14.3. The summed E-state index contributed by atoms with van der Waals surface area (Å²) in [5, 5.41) is 17.0. The molecule has 0 amide bonds. The van der Waals surface area contributed by atoms with Crippen LogP contribution in [-0.2, 0) is 0 Å². The van der Waals surface area contributed by atoms with Crippen LogP contribution in [0.25, 0.3) is 0 Å². The van der Waals surface area contributed by atoms with E-state index in [1.54, 1.807) is 0 Å². The topological polar surface area (TPSA) is 47.6 Å². The Morgan fingerprint density at radius 3 is 1.92 bits per heavy atom. The molecule has 0 aromatic carbocycles. The van der Waals surface area contributed by atoms with E-state index in [4.69, 9.17) is 10.5 Å². The van der Waals surface area contributed by atoms with Gasteiger partial charge in [-0.3, -0.25) is 0 Å². The number of rotatable bonds is 2. The van der Waals surface area contributed by atoms with Crippen LogP contribution in [0.2, 0.25) is 0 Å². The van der Waals surface area contributed by atoms with Crippen molar-refractivity contribution >= 4 is 0 Å². The third kappa shape index (κ3) is 2.55. The molecule has 12 heavy (non-hydrogen) atoms. The van der Waals surface area contributed by atoms with Crippen molar-refractivity contribution in [3.63, 3.8) is 0 Å². The maximum absolute atomic E-state index is 8.52. The minimum atomic E-state index is 0.571. The van der Waals surface area contributed by atoms with Gasteiger partial charge in [0.05, 0.1) is 12.1 Å². The fourth-order valence-electron chi connectivity index (χ4n) is 2.03. The first-order valence-corrected chi connectivity index (χ1v) is 4.60. The summed E-state index contributed by atoms with van der Waals surface area (Å²) < 4.78 is 0. The van der Waals surface area contributed by atoms with Crippen LogP contribution in [0.15, 0.2) is 0 Å². The van der Waals surface area contributed by atoms with Crippen molar-refractivity contribution < 1.29 is 0 Å². The summed E-state index contributed by atoms with van der Waals surface area (Å²) in [6, 6.07) is 4.43. The Labute approximate surface area is 73.8 Å². The van der Waals surface area contributed by atoms with E-state index in [0.717, 1.165) is 6.42 Å². The lowest BCUT2D eigenvalue weighted by Gasteiger charge is -2.25. The molecule has 64 valence electrons. The van der Waals surface area contributed by atoms with Crippen molar-refractivity contribution in [3.8, 4) is 12.1 Å². The predicted octanol–water partition coefficient (Wildman–Crippen LogP) is 2.62. The Morgan fingerprint density at radius 1 is 1.00 bits per heavy atom. The molecule has 0 radical (unpaired) electrons. The smallest absolute Gasteiger partial charge is 0.0624 e. The van der Waals surface area contributed by atoms with Crippen molar-refractivity contribution in [2.24, 2.45) is 11.8 Å². The van der Waals surface area contributed by atoms with E-state index in [2.05, 4.69) is 12.1 Å². The number of nitrogens with zero attached hydrogens (tertiary/aromatic N) is 2. The molecule has 0 N–H and O–H groups in total. The van der Waals surface area contributed by atoms with Crippen LogP contribution in [-0.4, -0.2) is 0 Å². The molecule has 2 heteroatoms. The zero-order valence-electron chi connectivity index (χ0n) is 7.29. The summed E-state index contributed by atoms with van der Waals surface area (Å²) in [6.45, 7) is 0. The zero-order valence-corrected chi connectivity index (χ0v) is 7.29. The third-order valence-electron chi connectivity index (χ3n) is 2.65. The molecule has 0 bridgehead atoms. The standard InChI is InChI=1S/C10H14N2/c11-6-4-9-2-1-3-10(8-9)5-7-12/h9-10H,1-5,8H2. The van der Waals surface area contributed by atoms with Crippen molar-refractivity contribution in [2.75, 3.05) is 0 Å². The SMILES string of the molecule is N#CCC1CCCC(CC#N)C1. The monoisotopic (exact) mass is 162 g/mol. The van der Waals surface area contributed by atoms with Crippen molar-refractivity contribution in [1.29, 1.82) is 10.5 Å². The van der Waals surface area contributed by atoms with Crippen molar-refractivity contribution in [3.05, 3.63) is 0 Å². The minimum absolute atomic E-state index is 0.571. The highest BCUT2D eigenvalue weighted by Crippen LogP contribution is 2.32. The van der Waals surface area contributed by atoms with Gasteiger partial charge < -0.3 is 0 Å². The second-order valence-corrected chi connectivity index (χ2v) is 3.62. The molecule has 1 fully saturated rings. The molecule has 0 saturated heterocycles. The fourth-order valence-corrected chi connectivity index (χ4v) is 2.03. The third-order valence-corrected chi connectivity index (χ3v) is 2.65. The summed E-state index contributed by atoms with van der Waals surface area (Å²) in [7, 11) is 0. The van der Waals surface area contributed by atoms with Gasteiger partial charge in [-0.15, -0.1) is 0 Å². The Hall–Kier alpha value is -1.02. The van der Waals surface area contributed by atoms with Gasteiger partial charge in [-0.1, -0.05) is 6.42 Å². The molecule has 1 aliphatic carbocycles. The van der Waals surface area contributed by atoms with E-state index in [1.165, 1.54) is 19.3 Å². The molecule has 2 nitrogen and oxygen atoms in total. The summed E-state index contributed by atoms with van der Waals surface area (Å²) in [5.74, 6) is 1.14. The molecule has 1 aliphatic rings. The van der Waals surface area contributed by atoms with Crippen molar-refractivity contribution in [1.82, 2.24) is 0 Å². The molecule has 0 aliphatic heterocycles. The first-order valence-electron chi connectivity index (χ1n) is 4.60. The number of nitriles is 2. The van der Waals surface area contributed by atoms with Crippen LogP contribution >= 0.6 is 0 Å². The van der Waals surface area contributed by atoms with Crippen LogP contribution < -0.4 is 0 Å². The molecule has 1 saturated carbocycles. The molecule has 2 atom stereocenters. The average Bonchev–Trinajstić information content (AvgIpc) is 2.06.